The molecule has 100 valence electrons. The van der Waals surface area contributed by atoms with Gasteiger partial charge < -0.3 is 20.3 Å². The fourth-order valence-corrected chi connectivity index (χ4v) is 1.89. The van der Waals surface area contributed by atoms with Crippen molar-refractivity contribution in [2.24, 2.45) is 0 Å². The first-order valence-electron chi connectivity index (χ1n) is 5.48. The average molecular weight is 274 g/mol. The van der Waals surface area contributed by atoms with Gasteiger partial charge in [-0.2, -0.15) is 0 Å². The Hall–Kier alpha value is -1.30. The predicted octanol–water partition coefficient (Wildman–Crippen LogP) is 1.85. The fraction of sp³-hybridized carbons (Fsp3) is 0.417. The summed E-state index contributed by atoms with van der Waals surface area (Å²) in [5.41, 5.74) is 0.448. The normalized spacial score (nSPS) is 12.2. The maximum Gasteiger partial charge on any atom is 0.339 e. The van der Waals surface area contributed by atoms with E-state index in [9.17, 15) is 4.79 Å². The van der Waals surface area contributed by atoms with E-state index in [1.54, 1.807) is 19.2 Å². The molecule has 0 aliphatic rings. The van der Waals surface area contributed by atoms with Crippen molar-refractivity contribution in [2.45, 2.75) is 12.5 Å². The monoisotopic (exact) mass is 273 g/mol. The molecular formula is C12H16ClNO4. The Morgan fingerprint density at radius 3 is 2.83 bits per heavy atom. The first kappa shape index (κ1) is 14.8. The molecule has 0 bridgehead atoms. The molecule has 3 N–H and O–H groups in total. The Bertz CT molecular complexity index is 405. The van der Waals surface area contributed by atoms with Crippen molar-refractivity contribution in [3.05, 3.63) is 28.8 Å². The molecule has 0 amide bonds. The quantitative estimate of drug-likeness (QED) is 0.707. The molecule has 0 saturated heterocycles. The van der Waals surface area contributed by atoms with Crippen molar-refractivity contribution in [2.75, 3.05) is 25.6 Å². The van der Waals surface area contributed by atoms with E-state index >= 15 is 0 Å². The Labute approximate surface area is 110 Å². The van der Waals surface area contributed by atoms with Gasteiger partial charge in [0, 0.05) is 13.7 Å². The highest BCUT2D eigenvalue weighted by atomic mass is 35.5. The number of benzene rings is 1. The Balaban J connectivity index is 2.94. The Morgan fingerprint density at radius 2 is 2.28 bits per heavy atom. The summed E-state index contributed by atoms with van der Waals surface area (Å²) in [6, 6.07) is 4.65. The summed E-state index contributed by atoms with van der Waals surface area (Å²) in [7, 11) is 1.54. The first-order valence-corrected chi connectivity index (χ1v) is 5.86. The lowest BCUT2D eigenvalue weighted by molar-refractivity contribution is 0.0698. The summed E-state index contributed by atoms with van der Waals surface area (Å²) in [5.74, 6) is -1.09. The maximum absolute atomic E-state index is 11.1. The molecule has 0 radical (unpaired) electrons. The smallest absolute Gasteiger partial charge is 0.339 e. The Morgan fingerprint density at radius 1 is 1.56 bits per heavy atom. The van der Waals surface area contributed by atoms with Gasteiger partial charge in [0.2, 0.25) is 0 Å². The molecule has 1 aromatic carbocycles. The second-order valence-electron chi connectivity index (χ2n) is 3.78. The van der Waals surface area contributed by atoms with E-state index in [1.807, 2.05) is 0 Å². The third-order valence-electron chi connectivity index (χ3n) is 2.43. The minimum atomic E-state index is -1.09. The van der Waals surface area contributed by atoms with Crippen molar-refractivity contribution in [1.29, 1.82) is 0 Å². The van der Waals surface area contributed by atoms with Gasteiger partial charge in [-0.1, -0.05) is 17.7 Å². The molecule has 6 heteroatoms. The summed E-state index contributed by atoms with van der Waals surface area (Å²) in [6.07, 6.45) is 0.458. The van der Waals surface area contributed by atoms with E-state index in [0.29, 0.717) is 18.7 Å². The lowest BCUT2D eigenvalue weighted by atomic mass is 10.1. The van der Waals surface area contributed by atoms with Gasteiger partial charge in [0.25, 0.3) is 0 Å². The summed E-state index contributed by atoms with van der Waals surface area (Å²) in [5, 5.41) is 21.2. The van der Waals surface area contributed by atoms with Gasteiger partial charge in [0.15, 0.2) is 0 Å². The number of carboxylic acid groups (broad SMARTS) is 1. The van der Waals surface area contributed by atoms with Crippen LogP contribution in [0, 0.1) is 0 Å². The number of aliphatic hydroxyl groups is 1. The van der Waals surface area contributed by atoms with Gasteiger partial charge in [-0.05, 0) is 18.6 Å². The van der Waals surface area contributed by atoms with Gasteiger partial charge in [-0.15, -0.1) is 0 Å². The second-order valence-corrected chi connectivity index (χ2v) is 4.18. The number of hydrogen-bond donors (Lipinski definition) is 3. The molecule has 1 atom stereocenters. The molecule has 0 spiro atoms. The van der Waals surface area contributed by atoms with Crippen LogP contribution in [-0.2, 0) is 4.74 Å². The molecule has 0 aliphatic carbocycles. The summed E-state index contributed by atoms with van der Waals surface area (Å²) in [4.78, 5) is 11.1. The standard InChI is InChI=1S/C12H16ClNO4/c1-18-7-8(5-6-15)14-10-4-2-3-9(13)11(10)12(16)17/h2-4,8,14-15H,5-7H2,1H3,(H,16,17). The highest BCUT2D eigenvalue weighted by Crippen LogP contribution is 2.25. The van der Waals surface area contributed by atoms with Crippen LogP contribution in [0.4, 0.5) is 5.69 Å². The van der Waals surface area contributed by atoms with Crippen molar-refractivity contribution in [3.63, 3.8) is 0 Å². The molecular weight excluding hydrogens is 258 g/mol. The molecule has 5 nitrogen and oxygen atoms in total. The van der Waals surface area contributed by atoms with E-state index in [2.05, 4.69) is 5.32 Å². The van der Waals surface area contributed by atoms with Crippen LogP contribution >= 0.6 is 11.6 Å². The summed E-state index contributed by atoms with van der Waals surface area (Å²) in [6.45, 7) is 0.357. The predicted molar refractivity (Wildman–Crippen MR) is 69.4 cm³/mol. The molecule has 18 heavy (non-hydrogen) atoms. The number of ether oxygens (including phenoxy) is 1. The third kappa shape index (κ3) is 3.87. The summed E-state index contributed by atoms with van der Waals surface area (Å²) >= 11 is 5.86. The third-order valence-corrected chi connectivity index (χ3v) is 2.75. The minimum Gasteiger partial charge on any atom is -0.478 e. The van der Waals surface area contributed by atoms with Gasteiger partial charge in [-0.3, -0.25) is 0 Å². The number of carboxylic acids is 1. The second kappa shape index (κ2) is 7.20. The molecule has 0 saturated carbocycles. The molecule has 0 fully saturated rings. The molecule has 1 rings (SSSR count). The van der Waals surface area contributed by atoms with Crippen LogP contribution in [0.3, 0.4) is 0 Å². The van der Waals surface area contributed by atoms with Crippen molar-refractivity contribution >= 4 is 23.3 Å². The van der Waals surface area contributed by atoms with Gasteiger partial charge in [-0.25, -0.2) is 4.79 Å². The highest BCUT2D eigenvalue weighted by Gasteiger charge is 2.17. The van der Waals surface area contributed by atoms with Gasteiger partial charge in [0.05, 0.1) is 23.4 Å². The highest BCUT2D eigenvalue weighted by molar-refractivity contribution is 6.34. The maximum atomic E-state index is 11.1. The number of hydrogen-bond acceptors (Lipinski definition) is 4. The van der Waals surface area contributed by atoms with Crippen LogP contribution in [0.25, 0.3) is 0 Å². The van der Waals surface area contributed by atoms with E-state index in [1.165, 1.54) is 6.07 Å². The summed E-state index contributed by atoms with van der Waals surface area (Å²) < 4.78 is 5.01. The number of aromatic carboxylic acids is 1. The van der Waals surface area contributed by atoms with E-state index in [0.717, 1.165) is 0 Å². The average Bonchev–Trinajstić information content (AvgIpc) is 2.29. The Kier molecular flexibility index (Phi) is 5.91. The number of aliphatic hydroxyl groups excluding tert-OH is 1. The first-order chi connectivity index (χ1) is 8.60. The number of carbonyl (C=O) groups is 1. The van der Waals surface area contributed by atoms with Crippen LogP contribution in [0.2, 0.25) is 5.02 Å². The SMILES string of the molecule is COCC(CCO)Nc1cccc(Cl)c1C(=O)O. The van der Waals surface area contributed by atoms with E-state index in [-0.39, 0.29) is 23.2 Å². The van der Waals surface area contributed by atoms with Crippen molar-refractivity contribution in [3.8, 4) is 0 Å². The van der Waals surface area contributed by atoms with Crippen molar-refractivity contribution in [1.82, 2.24) is 0 Å². The lowest BCUT2D eigenvalue weighted by Gasteiger charge is -2.19. The van der Waals surface area contributed by atoms with E-state index in [4.69, 9.17) is 26.6 Å². The number of halogens is 1. The van der Waals surface area contributed by atoms with Crippen LogP contribution in [0.1, 0.15) is 16.8 Å². The zero-order valence-corrected chi connectivity index (χ0v) is 10.8. The van der Waals surface area contributed by atoms with Gasteiger partial charge in [0.1, 0.15) is 5.56 Å². The van der Waals surface area contributed by atoms with Crippen LogP contribution < -0.4 is 5.32 Å². The molecule has 1 aromatic rings. The molecule has 0 aliphatic heterocycles. The molecule has 0 heterocycles. The van der Waals surface area contributed by atoms with Crippen molar-refractivity contribution < 1.29 is 19.7 Å². The van der Waals surface area contributed by atoms with Gasteiger partial charge >= 0.3 is 5.97 Å². The fourth-order valence-electron chi connectivity index (χ4n) is 1.64. The zero-order chi connectivity index (χ0) is 13.5. The zero-order valence-electron chi connectivity index (χ0n) is 10.0. The number of nitrogens with one attached hydrogen (secondary N) is 1. The largest absolute Gasteiger partial charge is 0.478 e. The van der Waals surface area contributed by atoms with Crippen LogP contribution in [0.15, 0.2) is 18.2 Å². The minimum absolute atomic E-state index is 0.00992. The number of methoxy groups -OCH3 is 1. The van der Waals surface area contributed by atoms with Crippen LogP contribution in [-0.4, -0.2) is 42.5 Å². The topological polar surface area (TPSA) is 78.8 Å². The number of rotatable bonds is 7. The van der Waals surface area contributed by atoms with Crippen LogP contribution in [0.5, 0.6) is 0 Å². The molecule has 0 aromatic heterocycles. The van der Waals surface area contributed by atoms with E-state index < -0.39 is 5.97 Å². The lowest BCUT2D eigenvalue weighted by Crippen LogP contribution is -2.27. The number of anilines is 1. The molecule has 1 unspecified atom stereocenters.